The van der Waals surface area contributed by atoms with E-state index in [9.17, 15) is 9.59 Å². The van der Waals surface area contributed by atoms with E-state index in [2.05, 4.69) is 10.3 Å². The molecule has 1 aromatic carbocycles. The largest absolute Gasteiger partial charge is 0.351 e. The van der Waals surface area contributed by atoms with Gasteiger partial charge in [-0.15, -0.1) is 11.3 Å². The van der Waals surface area contributed by atoms with E-state index in [4.69, 9.17) is 0 Å². The molecule has 3 aromatic heterocycles. The van der Waals surface area contributed by atoms with Crippen molar-refractivity contribution >= 4 is 33.1 Å². The van der Waals surface area contributed by atoms with Gasteiger partial charge in [-0.05, 0) is 30.2 Å². The molecule has 4 rings (SSSR count). The first-order valence-corrected chi connectivity index (χ1v) is 8.77. The Balaban J connectivity index is 1.57. The minimum atomic E-state index is -0.174. The van der Waals surface area contributed by atoms with E-state index >= 15 is 0 Å². The standard InChI is InChI=1S/C19H15N3O2S/c23-17(20-10-9-13-6-2-1-3-7-13)15-12-14-18(25-15)21-16-8-4-5-11-22(16)19(14)24/h1-8,11-12H,9-10H2,(H,20,23). The fraction of sp³-hybridized carbons (Fsp3) is 0.105. The molecule has 25 heavy (non-hydrogen) atoms. The molecule has 0 saturated heterocycles. The summed E-state index contributed by atoms with van der Waals surface area (Å²) in [5.41, 5.74) is 1.60. The Morgan fingerprint density at radius 1 is 1.12 bits per heavy atom. The second kappa shape index (κ2) is 6.49. The van der Waals surface area contributed by atoms with Crippen molar-refractivity contribution in [3.8, 4) is 0 Å². The second-order valence-corrected chi connectivity index (χ2v) is 6.70. The van der Waals surface area contributed by atoms with Crippen LogP contribution in [0.5, 0.6) is 0 Å². The van der Waals surface area contributed by atoms with E-state index in [-0.39, 0.29) is 11.5 Å². The monoisotopic (exact) mass is 349 g/mol. The molecule has 0 atom stereocenters. The summed E-state index contributed by atoms with van der Waals surface area (Å²) in [6.45, 7) is 0.547. The van der Waals surface area contributed by atoms with Gasteiger partial charge in [0.2, 0.25) is 0 Å². The molecule has 5 nitrogen and oxygen atoms in total. The molecule has 0 fully saturated rings. The Kier molecular flexibility index (Phi) is 4.03. The number of fused-ring (bicyclic) bond motifs is 2. The number of carbonyl (C=O) groups excluding carboxylic acids is 1. The molecule has 0 aliphatic rings. The van der Waals surface area contributed by atoms with Gasteiger partial charge in [-0.1, -0.05) is 36.4 Å². The van der Waals surface area contributed by atoms with Crippen molar-refractivity contribution in [3.63, 3.8) is 0 Å². The third kappa shape index (κ3) is 3.04. The molecule has 0 bridgehead atoms. The quantitative estimate of drug-likeness (QED) is 0.616. The first-order valence-electron chi connectivity index (χ1n) is 7.95. The van der Waals surface area contributed by atoms with Gasteiger partial charge < -0.3 is 5.32 Å². The van der Waals surface area contributed by atoms with Crippen molar-refractivity contribution < 1.29 is 4.79 Å². The van der Waals surface area contributed by atoms with Crippen LogP contribution in [0.1, 0.15) is 15.2 Å². The highest BCUT2D eigenvalue weighted by atomic mass is 32.1. The topological polar surface area (TPSA) is 63.5 Å². The van der Waals surface area contributed by atoms with Crippen LogP contribution in [0, 0.1) is 0 Å². The van der Waals surface area contributed by atoms with Gasteiger partial charge >= 0.3 is 0 Å². The minimum absolute atomic E-state index is 0.153. The number of hydrogen-bond acceptors (Lipinski definition) is 4. The van der Waals surface area contributed by atoms with Crippen LogP contribution in [0.4, 0.5) is 0 Å². The van der Waals surface area contributed by atoms with Crippen LogP contribution in [-0.2, 0) is 6.42 Å². The number of carbonyl (C=O) groups is 1. The highest BCUT2D eigenvalue weighted by molar-refractivity contribution is 7.20. The van der Waals surface area contributed by atoms with Gasteiger partial charge in [-0.3, -0.25) is 14.0 Å². The third-order valence-corrected chi connectivity index (χ3v) is 5.01. The van der Waals surface area contributed by atoms with Crippen molar-refractivity contribution in [3.05, 3.63) is 81.6 Å². The molecular weight excluding hydrogens is 334 g/mol. The smallest absolute Gasteiger partial charge is 0.266 e. The van der Waals surface area contributed by atoms with E-state index < -0.39 is 0 Å². The average Bonchev–Trinajstić information content (AvgIpc) is 3.07. The molecule has 4 aromatic rings. The number of nitrogens with one attached hydrogen (secondary N) is 1. The summed E-state index contributed by atoms with van der Waals surface area (Å²) in [7, 11) is 0. The average molecular weight is 349 g/mol. The first-order chi connectivity index (χ1) is 12.2. The fourth-order valence-corrected chi connectivity index (χ4v) is 3.66. The van der Waals surface area contributed by atoms with E-state index in [1.165, 1.54) is 21.3 Å². The van der Waals surface area contributed by atoms with Crippen LogP contribution >= 0.6 is 11.3 Å². The van der Waals surface area contributed by atoms with E-state index in [0.717, 1.165) is 6.42 Å². The predicted molar refractivity (Wildman–Crippen MR) is 99.3 cm³/mol. The zero-order chi connectivity index (χ0) is 17.2. The number of rotatable bonds is 4. The van der Waals surface area contributed by atoms with E-state index in [0.29, 0.717) is 27.3 Å². The Labute approximate surface area is 147 Å². The lowest BCUT2D eigenvalue weighted by atomic mass is 10.1. The zero-order valence-electron chi connectivity index (χ0n) is 13.3. The Hall–Kier alpha value is -2.99. The highest BCUT2D eigenvalue weighted by Crippen LogP contribution is 2.21. The Morgan fingerprint density at radius 2 is 1.92 bits per heavy atom. The molecule has 1 amide bonds. The maximum absolute atomic E-state index is 12.5. The number of aromatic nitrogens is 2. The van der Waals surface area contributed by atoms with Crippen molar-refractivity contribution in [1.29, 1.82) is 0 Å². The second-order valence-electron chi connectivity index (χ2n) is 5.67. The Bertz CT molecular complexity index is 1120. The van der Waals surface area contributed by atoms with Gasteiger partial charge in [0.25, 0.3) is 11.5 Å². The molecule has 124 valence electrons. The lowest BCUT2D eigenvalue weighted by molar-refractivity contribution is 0.0958. The maximum atomic E-state index is 12.5. The lowest BCUT2D eigenvalue weighted by Crippen LogP contribution is -2.24. The molecule has 3 heterocycles. The lowest BCUT2D eigenvalue weighted by Gasteiger charge is -2.03. The highest BCUT2D eigenvalue weighted by Gasteiger charge is 2.14. The molecular formula is C19H15N3O2S. The fourth-order valence-electron chi connectivity index (χ4n) is 2.71. The number of amides is 1. The van der Waals surface area contributed by atoms with Crippen molar-refractivity contribution in [2.75, 3.05) is 6.54 Å². The van der Waals surface area contributed by atoms with E-state index in [1.54, 1.807) is 24.4 Å². The maximum Gasteiger partial charge on any atom is 0.266 e. The van der Waals surface area contributed by atoms with Gasteiger partial charge in [0, 0.05) is 12.7 Å². The van der Waals surface area contributed by atoms with Crippen LogP contribution in [-0.4, -0.2) is 21.8 Å². The molecule has 0 saturated carbocycles. The van der Waals surface area contributed by atoms with Gasteiger partial charge in [0.1, 0.15) is 10.5 Å². The molecule has 1 N–H and O–H groups in total. The number of pyridine rings is 1. The zero-order valence-corrected chi connectivity index (χ0v) is 14.1. The Morgan fingerprint density at radius 3 is 2.76 bits per heavy atom. The summed E-state index contributed by atoms with van der Waals surface area (Å²) in [5, 5.41) is 3.38. The number of nitrogens with zero attached hydrogens (tertiary/aromatic N) is 2. The summed E-state index contributed by atoms with van der Waals surface area (Å²) < 4.78 is 1.49. The van der Waals surface area contributed by atoms with E-state index in [1.807, 2.05) is 36.4 Å². The summed E-state index contributed by atoms with van der Waals surface area (Å²) >= 11 is 1.24. The van der Waals surface area contributed by atoms with Crippen LogP contribution < -0.4 is 10.9 Å². The van der Waals surface area contributed by atoms with Crippen LogP contribution in [0.25, 0.3) is 15.9 Å². The molecule has 0 radical (unpaired) electrons. The number of hydrogen-bond donors (Lipinski definition) is 1. The summed E-state index contributed by atoms with van der Waals surface area (Å²) in [6.07, 6.45) is 2.45. The number of thiophene rings is 1. The molecule has 6 heteroatoms. The first kappa shape index (κ1) is 15.5. The van der Waals surface area contributed by atoms with Gasteiger partial charge in [-0.2, -0.15) is 0 Å². The molecule has 0 aliphatic heterocycles. The molecule has 0 aliphatic carbocycles. The van der Waals surface area contributed by atoms with Crippen LogP contribution in [0.2, 0.25) is 0 Å². The SMILES string of the molecule is O=C(NCCc1ccccc1)c1cc2c(=O)n3ccccc3nc2s1. The minimum Gasteiger partial charge on any atom is -0.351 e. The summed E-state index contributed by atoms with van der Waals surface area (Å²) in [4.78, 5) is 30.5. The van der Waals surface area contributed by atoms with Gasteiger partial charge in [0.15, 0.2) is 0 Å². The van der Waals surface area contributed by atoms with Crippen LogP contribution in [0.3, 0.4) is 0 Å². The third-order valence-electron chi connectivity index (χ3n) is 3.98. The van der Waals surface area contributed by atoms with Crippen molar-refractivity contribution in [2.24, 2.45) is 0 Å². The molecule has 0 spiro atoms. The summed E-state index contributed by atoms with van der Waals surface area (Å²) in [6, 6.07) is 17.0. The van der Waals surface area contributed by atoms with Crippen molar-refractivity contribution in [2.45, 2.75) is 6.42 Å². The van der Waals surface area contributed by atoms with Gasteiger partial charge in [-0.25, -0.2) is 4.98 Å². The van der Waals surface area contributed by atoms with Crippen molar-refractivity contribution in [1.82, 2.24) is 14.7 Å². The van der Waals surface area contributed by atoms with Crippen LogP contribution in [0.15, 0.2) is 65.6 Å². The summed E-state index contributed by atoms with van der Waals surface area (Å²) in [5.74, 6) is -0.174. The predicted octanol–water partition coefficient (Wildman–Crippen LogP) is 2.88. The van der Waals surface area contributed by atoms with Gasteiger partial charge in [0.05, 0.1) is 10.3 Å². The normalized spacial score (nSPS) is 11.0. The number of benzene rings is 1. The molecule has 0 unspecified atom stereocenters.